The first-order chi connectivity index (χ1) is 16.3. The first-order valence-electron chi connectivity index (χ1n) is 11.7. The van der Waals surface area contributed by atoms with Gasteiger partial charge in [-0.1, -0.05) is 11.8 Å². The van der Waals surface area contributed by atoms with Crippen LogP contribution in [-0.2, 0) is 4.74 Å². The van der Waals surface area contributed by atoms with Gasteiger partial charge in [0.1, 0.15) is 11.6 Å². The number of fused-ring (bicyclic) bond motifs is 1. The summed E-state index contributed by atoms with van der Waals surface area (Å²) in [5, 5.41) is 0. The number of ether oxygens (including phenoxy) is 2. The summed E-state index contributed by atoms with van der Waals surface area (Å²) in [4.78, 5) is 0. The molecule has 4 unspecified atom stereocenters. The van der Waals surface area contributed by atoms with Gasteiger partial charge in [0.25, 0.3) is 0 Å². The van der Waals surface area contributed by atoms with Crippen molar-refractivity contribution in [2.75, 3.05) is 6.61 Å². The minimum Gasteiger partial charge on any atom is -0.432 e. The van der Waals surface area contributed by atoms with Crippen LogP contribution in [0.25, 0.3) is 0 Å². The van der Waals surface area contributed by atoms with E-state index >= 15 is 0 Å². The van der Waals surface area contributed by atoms with Gasteiger partial charge >= 0.3 is 6.61 Å². The molecule has 0 saturated heterocycles. The molecule has 0 bridgehead atoms. The predicted molar refractivity (Wildman–Crippen MR) is 118 cm³/mol. The second-order valence-electron chi connectivity index (χ2n) is 9.05. The van der Waals surface area contributed by atoms with Crippen molar-refractivity contribution in [2.45, 2.75) is 64.1 Å². The van der Waals surface area contributed by atoms with E-state index in [4.69, 9.17) is 4.74 Å². The fourth-order valence-corrected chi connectivity index (χ4v) is 5.39. The first-order valence-corrected chi connectivity index (χ1v) is 11.7. The molecule has 0 amide bonds. The highest BCUT2D eigenvalue weighted by atomic mass is 19.3. The van der Waals surface area contributed by atoms with Crippen LogP contribution in [0.5, 0.6) is 5.75 Å². The molecule has 2 aliphatic rings. The monoisotopic (exact) mass is 478 g/mol. The standard InChI is InChI=1S/C27H27F5O2/c1-2-33-21-8-7-17-12-18(5-6-19(17)13-21)20-14-23(28)22(24(29)15-20)9-3-16-4-10-26(25(30)11-16)34-27(31)32/h4,10-11,14-15,17-19,21,27H,2,5-8,12-13H2,1H3. The van der Waals surface area contributed by atoms with E-state index in [-0.39, 0.29) is 11.5 Å². The molecule has 2 saturated carbocycles. The molecular formula is C27H27F5O2. The van der Waals surface area contributed by atoms with Crippen LogP contribution in [0.4, 0.5) is 22.0 Å². The van der Waals surface area contributed by atoms with Crippen molar-refractivity contribution in [3.63, 3.8) is 0 Å². The summed E-state index contributed by atoms with van der Waals surface area (Å²) in [6.45, 7) is -0.417. The smallest absolute Gasteiger partial charge is 0.387 e. The lowest BCUT2D eigenvalue weighted by molar-refractivity contribution is -0.0521. The third-order valence-electron chi connectivity index (χ3n) is 6.98. The highest BCUT2D eigenvalue weighted by Crippen LogP contribution is 2.47. The molecule has 2 aliphatic carbocycles. The number of hydrogen-bond donors (Lipinski definition) is 0. The molecule has 182 valence electrons. The van der Waals surface area contributed by atoms with Gasteiger partial charge in [0.2, 0.25) is 0 Å². The molecule has 2 nitrogen and oxygen atoms in total. The molecule has 4 atom stereocenters. The van der Waals surface area contributed by atoms with Crippen molar-refractivity contribution < 1.29 is 31.4 Å². The van der Waals surface area contributed by atoms with Crippen LogP contribution >= 0.6 is 0 Å². The average Bonchev–Trinajstić information content (AvgIpc) is 2.79. The Hall–Kier alpha value is -2.59. The third kappa shape index (κ3) is 5.72. The number of benzene rings is 2. The topological polar surface area (TPSA) is 18.5 Å². The van der Waals surface area contributed by atoms with Gasteiger partial charge in [0.05, 0.1) is 11.7 Å². The number of rotatable bonds is 5. The largest absolute Gasteiger partial charge is 0.432 e. The summed E-state index contributed by atoms with van der Waals surface area (Å²) in [5.41, 5.74) is 0.330. The van der Waals surface area contributed by atoms with Crippen LogP contribution in [0, 0.1) is 41.1 Å². The van der Waals surface area contributed by atoms with Gasteiger partial charge in [0.15, 0.2) is 11.6 Å². The minimum atomic E-state index is -3.16. The van der Waals surface area contributed by atoms with Gasteiger partial charge in [-0.25, -0.2) is 13.2 Å². The van der Waals surface area contributed by atoms with Crippen LogP contribution in [0.2, 0.25) is 0 Å². The lowest BCUT2D eigenvalue weighted by Crippen LogP contribution is -2.33. The Morgan fingerprint density at radius 1 is 0.882 bits per heavy atom. The summed E-state index contributed by atoms with van der Waals surface area (Å²) in [7, 11) is 0. The van der Waals surface area contributed by atoms with Gasteiger partial charge in [-0.05, 0) is 99.1 Å². The third-order valence-corrected chi connectivity index (χ3v) is 6.98. The van der Waals surface area contributed by atoms with E-state index in [1.54, 1.807) is 0 Å². The molecular weight excluding hydrogens is 451 g/mol. The van der Waals surface area contributed by atoms with E-state index in [0.29, 0.717) is 23.5 Å². The Labute approximate surface area is 196 Å². The second kappa shape index (κ2) is 10.8. The fraction of sp³-hybridized carbons (Fsp3) is 0.481. The molecule has 0 N–H and O–H groups in total. The maximum Gasteiger partial charge on any atom is 0.387 e. The Morgan fingerprint density at radius 2 is 1.59 bits per heavy atom. The molecule has 0 spiro atoms. The maximum atomic E-state index is 14.8. The van der Waals surface area contributed by atoms with Crippen molar-refractivity contribution in [1.29, 1.82) is 0 Å². The van der Waals surface area contributed by atoms with Crippen molar-refractivity contribution in [2.24, 2.45) is 11.8 Å². The maximum absolute atomic E-state index is 14.8. The van der Waals surface area contributed by atoms with Crippen LogP contribution in [0.3, 0.4) is 0 Å². The van der Waals surface area contributed by atoms with E-state index in [1.807, 2.05) is 6.92 Å². The quantitative estimate of drug-likeness (QED) is 0.334. The molecule has 34 heavy (non-hydrogen) atoms. The average molecular weight is 479 g/mol. The van der Waals surface area contributed by atoms with Gasteiger partial charge in [-0.2, -0.15) is 8.78 Å². The Bertz CT molecular complexity index is 1050. The van der Waals surface area contributed by atoms with E-state index in [1.165, 1.54) is 18.2 Å². The zero-order valence-electron chi connectivity index (χ0n) is 18.9. The van der Waals surface area contributed by atoms with E-state index in [9.17, 15) is 22.0 Å². The lowest BCUT2D eigenvalue weighted by Gasteiger charge is -2.42. The lowest BCUT2D eigenvalue weighted by atomic mass is 9.65. The van der Waals surface area contributed by atoms with E-state index in [2.05, 4.69) is 16.6 Å². The molecule has 0 aliphatic heterocycles. The van der Waals surface area contributed by atoms with Gasteiger partial charge in [0, 0.05) is 12.2 Å². The molecule has 0 aromatic heterocycles. The summed E-state index contributed by atoms with van der Waals surface area (Å²) in [6.07, 6.45) is 6.35. The molecule has 2 aromatic carbocycles. The highest BCUT2D eigenvalue weighted by Gasteiger charge is 2.36. The highest BCUT2D eigenvalue weighted by molar-refractivity contribution is 5.47. The molecule has 7 heteroatoms. The van der Waals surface area contributed by atoms with E-state index < -0.39 is 35.4 Å². The van der Waals surface area contributed by atoms with Crippen LogP contribution < -0.4 is 4.74 Å². The van der Waals surface area contributed by atoms with Crippen molar-refractivity contribution in [3.8, 4) is 17.6 Å². The number of alkyl halides is 2. The number of hydrogen-bond acceptors (Lipinski definition) is 2. The Morgan fingerprint density at radius 3 is 2.26 bits per heavy atom. The molecule has 0 radical (unpaired) electrons. The van der Waals surface area contributed by atoms with Crippen LogP contribution in [0.15, 0.2) is 30.3 Å². The molecule has 0 heterocycles. The predicted octanol–water partition coefficient (Wildman–Crippen LogP) is 7.19. The molecule has 2 aromatic rings. The molecule has 2 fully saturated rings. The summed E-state index contributed by atoms with van der Waals surface area (Å²) in [5.74, 6) is 2.98. The minimum absolute atomic E-state index is 0.0861. The van der Waals surface area contributed by atoms with Crippen molar-refractivity contribution >= 4 is 0 Å². The molecule has 4 rings (SSSR count). The normalized spacial score (nSPS) is 24.3. The van der Waals surface area contributed by atoms with E-state index in [0.717, 1.165) is 57.3 Å². The Kier molecular flexibility index (Phi) is 7.77. The van der Waals surface area contributed by atoms with Crippen LogP contribution in [-0.4, -0.2) is 19.3 Å². The fourth-order valence-electron chi connectivity index (χ4n) is 5.39. The zero-order valence-corrected chi connectivity index (χ0v) is 18.9. The van der Waals surface area contributed by atoms with Gasteiger partial charge in [-0.15, -0.1) is 0 Å². The van der Waals surface area contributed by atoms with Gasteiger partial charge in [-0.3, -0.25) is 0 Å². The summed E-state index contributed by atoms with van der Waals surface area (Å²) in [6, 6.07) is 5.83. The number of halogens is 5. The van der Waals surface area contributed by atoms with Crippen LogP contribution in [0.1, 0.15) is 68.1 Å². The van der Waals surface area contributed by atoms with Crippen molar-refractivity contribution in [1.82, 2.24) is 0 Å². The summed E-state index contributed by atoms with van der Waals surface area (Å²) >= 11 is 0. The van der Waals surface area contributed by atoms with Crippen molar-refractivity contribution in [3.05, 3.63) is 64.5 Å². The first kappa shape index (κ1) is 24.5. The van der Waals surface area contributed by atoms with Gasteiger partial charge < -0.3 is 9.47 Å². The SMILES string of the molecule is CCOC1CCC2CC(c3cc(F)c(C#Cc4ccc(OC(F)F)c(F)c4)c(F)c3)CCC2C1. The zero-order chi connectivity index (χ0) is 24.2. The summed E-state index contributed by atoms with van der Waals surface area (Å²) < 4.78 is 77.8. The Balaban J connectivity index is 1.46. The second-order valence-corrected chi connectivity index (χ2v) is 9.05.